The maximum absolute atomic E-state index is 12.0. The first kappa shape index (κ1) is 13.3. The number of hydrogen-bond donors (Lipinski definition) is 2. The van der Waals surface area contributed by atoms with Crippen LogP contribution in [0, 0.1) is 0 Å². The smallest absolute Gasteiger partial charge is 0.345 e. The lowest BCUT2D eigenvalue weighted by molar-refractivity contribution is 0.0702. The predicted molar refractivity (Wildman–Crippen MR) is 67.7 cm³/mol. The van der Waals surface area contributed by atoms with Crippen molar-refractivity contribution in [2.45, 2.75) is 18.1 Å². The summed E-state index contributed by atoms with van der Waals surface area (Å²) in [6, 6.07) is 2.85. The van der Waals surface area contributed by atoms with E-state index in [0.29, 0.717) is 31.1 Å². The zero-order chi connectivity index (χ0) is 13.2. The number of aromatic carboxylic acids is 1. The molecule has 8 heteroatoms. The highest BCUT2D eigenvalue weighted by atomic mass is 32.2. The number of anilines is 1. The maximum atomic E-state index is 12.0. The summed E-state index contributed by atoms with van der Waals surface area (Å²) in [7, 11) is -3.46. The zero-order valence-corrected chi connectivity index (χ0v) is 11.1. The molecule has 2 heterocycles. The van der Waals surface area contributed by atoms with E-state index in [1.807, 2.05) is 0 Å². The molecule has 0 amide bonds. The average molecular weight is 291 g/mol. The number of thiophene rings is 1. The Bertz CT molecular complexity index is 530. The van der Waals surface area contributed by atoms with Crippen LogP contribution in [0.25, 0.3) is 0 Å². The van der Waals surface area contributed by atoms with Gasteiger partial charge in [-0.2, -0.15) is 0 Å². The van der Waals surface area contributed by atoms with Gasteiger partial charge in [-0.1, -0.05) is 0 Å². The van der Waals surface area contributed by atoms with Crippen LogP contribution in [-0.2, 0) is 14.8 Å². The summed E-state index contributed by atoms with van der Waals surface area (Å²) in [5.41, 5.74) is 0. The Morgan fingerprint density at radius 3 is 2.61 bits per heavy atom. The van der Waals surface area contributed by atoms with Crippen LogP contribution in [0.4, 0.5) is 5.00 Å². The van der Waals surface area contributed by atoms with E-state index in [1.54, 1.807) is 0 Å². The second kappa shape index (κ2) is 5.25. The topological polar surface area (TPSA) is 92.7 Å². The molecule has 0 bridgehead atoms. The molecule has 1 saturated heterocycles. The van der Waals surface area contributed by atoms with Crippen LogP contribution in [0.15, 0.2) is 12.1 Å². The summed E-state index contributed by atoms with van der Waals surface area (Å²) in [5.74, 6) is -1.06. The largest absolute Gasteiger partial charge is 0.477 e. The molecule has 6 nitrogen and oxygen atoms in total. The molecule has 2 N–H and O–H groups in total. The van der Waals surface area contributed by atoms with E-state index in [2.05, 4.69) is 4.72 Å². The number of ether oxygens (including phenoxy) is 1. The first-order valence-electron chi connectivity index (χ1n) is 5.41. The maximum Gasteiger partial charge on any atom is 0.345 e. The Kier molecular flexibility index (Phi) is 3.88. The van der Waals surface area contributed by atoms with Gasteiger partial charge < -0.3 is 9.84 Å². The Labute approximate surface area is 109 Å². The lowest BCUT2D eigenvalue weighted by atomic mass is 10.2. The Hall–Kier alpha value is -1.12. The highest BCUT2D eigenvalue weighted by Crippen LogP contribution is 2.25. The van der Waals surface area contributed by atoms with Crippen molar-refractivity contribution in [1.29, 1.82) is 0 Å². The van der Waals surface area contributed by atoms with Gasteiger partial charge in [0.05, 0.1) is 5.25 Å². The third-order valence-electron chi connectivity index (χ3n) is 2.67. The Morgan fingerprint density at radius 1 is 1.39 bits per heavy atom. The van der Waals surface area contributed by atoms with Crippen molar-refractivity contribution < 1.29 is 23.1 Å². The van der Waals surface area contributed by atoms with Crippen molar-refractivity contribution in [2.24, 2.45) is 0 Å². The molecule has 0 aliphatic carbocycles. The molecule has 1 aromatic rings. The molecule has 18 heavy (non-hydrogen) atoms. The summed E-state index contributed by atoms with van der Waals surface area (Å²) in [5, 5.41) is 8.62. The first-order valence-corrected chi connectivity index (χ1v) is 7.78. The van der Waals surface area contributed by atoms with Crippen LogP contribution in [0.3, 0.4) is 0 Å². The van der Waals surface area contributed by atoms with Crippen LogP contribution in [-0.4, -0.2) is 38.0 Å². The Morgan fingerprint density at radius 2 is 2.06 bits per heavy atom. The van der Waals surface area contributed by atoms with Gasteiger partial charge in [-0.15, -0.1) is 11.3 Å². The van der Waals surface area contributed by atoms with Crippen LogP contribution in [0.5, 0.6) is 0 Å². The van der Waals surface area contributed by atoms with E-state index in [-0.39, 0.29) is 4.88 Å². The van der Waals surface area contributed by atoms with Crippen molar-refractivity contribution in [3.8, 4) is 0 Å². The lowest BCUT2D eigenvalue weighted by Crippen LogP contribution is -2.33. The van der Waals surface area contributed by atoms with Crippen molar-refractivity contribution in [3.05, 3.63) is 17.0 Å². The van der Waals surface area contributed by atoms with E-state index in [4.69, 9.17) is 9.84 Å². The van der Waals surface area contributed by atoms with Gasteiger partial charge in [0.15, 0.2) is 0 Å². The van der Waals surface area contributed by atoms with E-state index in [1.165, 1.54) is 12.1 Å². The zero-order valence-electron chi connectivity index (χ0n) is 9.46. The number of nitrogens with one attached hydrogen (secondary N) is 1. The van der Waals surface area contributed by atoms with Crippen molar-refractivity contribution in [2.75, 3.05) is 17.9 Å². The molecule has 0 aromatic carbocycles. The first-order chi connectivity index (χ1) is 8.49. The second-order valence-corrected chi connectivity index (χ2v) is 6.97. The molecule has 1 aliphatic heterocycles. The van der Waals surface area contributed by atoms with Crippen LogP contribution < -0.4 is 4.72 Å². The lowest BCUT2D eigenvalue weighted by Gasteiger charge is -2.22. The molecule has 1 aliphatic rings. The predicted octanol–water partition coefficient (Wildman–Crippen LogP) is 1.37. The quantitative estimate of drug-likeness (QED) is 0.874. The van der Waals surface area contributed by atoms with Crippen LogP contribution >= 0.6 is 11.3 Å². The number of carboxylic acid groups (broad SMARTS) is 1. The fraction of sp³-hybridized carbons (Fsp3) is 0.500. The van der Waals surface area contributed by atoms with Crippen molar-refractivity contribution in [3.63, 3.8) is 0 Å². The monoisotopic (exact) mass is 291 g/mol. The molecule has 100 valence electrons. The number of rotatable bonds is 4. The van der Waals surface area contributed by atoms with Gasteiger partial charge in [0.1, 0.15) is 9.88 Å². The average Bonchev–Trinajstić information content (AvgIpc) is 2.78. The summed E-state index contributed by atoms with van der Waals surface area (Å²) < 4.78 is 31.6. The fourth-order valence-electron chi connectivity index (χ4n) is 1.72. The summed E-state index contributed by atoms with van der Waals surface area (Å²) in [6.07, 6.45) is 0.930. The summed E-state index contributed by atoms with van der Waals surface area (Å²) >= 11 is 0.911. The van der Waals surface area contributed by atoms with Gasteiger partial charge in [-0.3, -0.25) is 4.72 Å². The third kappa shape index (κ3) is 3.01. The van der Waals surface area contributed by atoms with Crippen molar-refractivity contribution >= 4 is 32.3 Å². The molecular formula is C10H13NO5S2. The minimum Gasteiger partial charge on any atom is -0.477 e. The minimum atomic E-state index is -3.46. The molecular weight excluding hydrogens is 278 g/mol. The summed E-state index contributed by atoms with van der Waals surface area (Å²) in [4.78, 5) is 10.8. The molecule has 0 spiro atoms. The highest BCUT2D eigenvalue weighted by Gasteiger charge is 2.28. The molecule has 1 fully saturated rings. The number of carbonyl (C=O) groups is 1. The molecule has 0 atom stereocenters. The van der Waals surface area contributed by atoms with E-state index in [0.717, 1.165) is 11.3 Å². The van der Waals surface area contributed by atoms with Gasteiger partial charge in [-0.05, 0) is 25.0 Å². The van der Waals surface area contributed by atoms with Gasteiger partial charge in [0, 0.05) is 13.2 Å². The van der Waals surface area contributed by atoms with E-state index in [9.17, 15) is 13.2 Å². The SMILES string of the molecule is O=C(O)c1ccc(NS(=O)(=O)C2CCOCC2)s1. The molecule has 0 saturated carbocycles. The highest BCUT2D eigenvalue weighted by molar-refractivity contribution is 7.93. The van der Waals surface area contributed by atoms with Gasteiger partial charge in [-0.25, -0.2) is 13.2 Å². The number of sulfonamides is 1. The van der Waals surface area contributed by atoms with Gasteiger partial charge >= 0.3 is 5.97 Å². The fourth-order valence-corrected chi connectivity index (χ4v) is 4.16. The second-order valence-electron chi connectivity index (χ2n) is 3.93. The molecule has 1 aromatic heterocycles. The number of hydrogen-bond acceptors (Lipinski definition) is 5. The van der Waals surface area contributed by atoms with Crippen LogP contribution in [0.1, 0.15) is 22.5 Å². The minimum absolute atomic E-state index is 0.111. The molecule has 0 unspecified atom stereocenters. The third-order valence-corrected chi connectivity index (χ3v) is 5.64. The van der Waals surface area contributed by atoms with Gasteiger partial charge in [0.2, 0.25) is 10.0 Å². The van der Waals surface area contributed by atoms with Gasteiger partial charge in [0.25, 0.3) is 0 Å². The molecule has 0 radical (unpaired) electrons. The standard InChI is InChI=1S/C10H13NO5S2/c12-10(13)8-1-2-9(17-8)11-18(14,15)7-3-5-16-6-4-7/h1-2,7,11H,3-6H2,(H,12,13). The van der Waals surface area contributed by atoms with Crippen LogP contribution in [0.2, 0.25) is 0 Å². The molecule has 2 rings (SSSR count). The van der Waals surface area contributed by atoms with E-state index < -0.39 is 21.2 Å². The Balaban J connectivity index is 2.08. The van der Waals surface area contributed by atoms with Crippen molar-refractivity contribution in [1.82, 2.24) is 0 Å². The normalized spacial score (nSPS) is 17.6. The number of carboxylic acids is 1. The summed E-state index contributed by atoms with van der Waals surface area (Å²) in [6.45, 7) is 0.882. The van der Waals surface area contributed by atoms with E-state index >= 15 is 0 Å².